The lowest BCUT2D eigenvalue weighted by Gasteiger charge is -2.08. The summed E-state index contributed by atoms with van der Waals surface area (Å²) in [6, 6.07) is 23.3. The molecule has 4 rings (SSSR count). The molecule has 0 aliphatic carbocycles. The quantitative estimate of drug-likeness (QED) is 0.365. The SMILES string of the molecule is Cc1ccccc1Cn1cc(NC(=O)c2cccc(COc3ccc(Br)cc3)c2)cn1. The van der Waals surface area contributed by atoms with Crippen molar-refractivity contribution in [3.63, 3.8) is 0 Å². The zero-order chi connectivity index (χ0) is 21.6. The Morgan fingerprint density at radius 3 is 2.68 bits per heavy atom. The van der Waals surface area contributed by atoms with Crippen LogP contribution < -0.4 is 10.1 Å². The Morgan fingerprint density at radius 2 is 1.87 bits per heavy atom. The molecule has 0 saturated heterocycles. The second-order valence-corrected chi connectivity index (χ2v) is 8.17. The number of anilines is 1. The van der Waals surface area contributed by atoms with E-state index in [1.807, 2.05) is 65.5 Å². The van der Waals surface area contributed by atoms with E-state index in [9.17, 15) is 4.79 Å². The fourth-order valence-electron chi connectivity index (χ4n) is 3.18. The number of aryl methyl sites for hydroxylation is 1. The van der Waals surface area contributed by atoms with E-state index in [1.54, 1.807) is 12.3 Å². The Morgan fingerprint density at radius 1 is 1.06 bits per heavy atom. The topological polar surface area (TPSA) is 56.2 Å². The lowest BCUT2D eigenvalue weighted by atomic mass is 10.1. The van der Waals surface area contributed by atoms with E-state index < -0.39 is 0 Å². The lowest BCUT2D eigenvalue weighted by Crippen LogP contribution is -2.12. The van der Waals surface area contributed by atoms with Gasteiger partial charge in [0.25, 0.3) is 5.91 Å². The fraction of sp³-hybridized carbons (Fsp3) is 0.120. The van der Waals surface area contributed by atoms with Crippen LogP contribution in [-0.2, 0) is 13.2 Å². The molecule has 0 radical (unpaired) electrons. The van der Waals surface area contributed by atoms with E-state index in [0.29, 0.717) is 24.4 Å². The first-order valence-corrected chi connectivity index (χ1v) is 10.7. The van der Waals surface area contributed by atoms with Gasteiger partial charge in [0.2, 0.25) is 0 Å². The third-order valence-electron chi connectivity index (χ3n) is 4.89. The highest BCUT2D eigenvalue weighted by Gasteiger charge is 2.09. The highest BCUT2D eigenvalue weighted by atomic mass is 79.9. The van der Waals surface area contributed by atoms with Crippen LogP contribution in [0.5, 0.6) is 5.75 Å². The molecule has 1 N–H and O–H groups in total. The zero-order valence-electron chi connectivity index (χ0n) is 17.1. The zero-order valence-corrected chi connectivity index (χ0v) is 18.7. The van der Waals surface area contributed by atoms with Crippen molar-refractivity contribution in [3.8, 4) is 5.75 Å². The summed E-state index contributed by atoms with van der Waals surface area (Å²) in [7, 11) is 0. The Hall–Kier alpha value is -3.38. The molecular formula is C25H22BrN3O2. The maximum absolute atomic E-state index is 12.7. The molecule has 0 spiro atoms. The van der Waals surface area contributed by atoms with Gasteiger partial charge >= 0.3 is 0 Å². The van der Waals surface area contributed by atoms with Gasteiger partial charge in [0.15, 0.2) is 0 Å². The molecule has 0 bridgehead atoms. The molecule has 5 nitrogen and oxygen atoms in total. The number of nitrogens with one attached hydrogen (secondary N) is 1. The third kappa shape index (κ3) is 5.61. The van der Waals surface area contributed by atoms with Gasteiger partial charge in [-0.05, 0) is 60.0 Å². The average molecular weight is 476 g/mol. The van der Waals surface area contributed by atoms with E-state index >= 15 is 0 Å². The molecular weight excluding hydrogens is 454 g/mol. The second kappa shape index (κ2) is 9.62. The molecule has 31 heavy (non-hydrogen) atoms. The van der Waals surface area contributed by atoms with Gasteiger partial charge in [0.1, 0.15) is 12.4 Å². The summed E-state index contributed by atoms with van der Waals surface area (Å²) in [4.78, 5) is 12.7. The van der Waals surface area contributed by atoms with Crippen LogP contribution in [0.3, 0.4) is 0 Å². The van der Waals surface area contributed by atoms with Crippen molar-refractivity contribution in [2.45, 2.75) is 20.1 Å². The highest BCUT2D eigenvalue weighted by molar-refractivity contribution is 9.10. The van der Waals surface area contributed by atoms with Gasteiger partial charge < -0.3 is 10.1 Å². The summed E-state index contributed by atoms with van der Waals surface area (Å²) in [5, 5.41) is 7.28. The molecule has 4 aromatic rings. The van der Waals surface area contributed by atoms with Crippen molar-refractivity contribution in [1.29, 1.82) is 0 Å². The van der Waals surface area contributed by atoms with E-state index in [2.05, 4.69) is 45.4 Å². The van der Waals surface area contributed by atoms with E-state index in [4.69, 9.17) is 4.74 Å². The minimum Gasteiger partial charge on any atom is -0.489 e. The minimum absolute atomic E-state index is 0.180. The molecule has 6 heteroatoms. The van der Waals surface area contributed by atoms with Gasteiger partial charge in [-0.3, -0.25) is 9.48 Å². The van der Waals surface area contributed by atoms with E-state index in [1.165, 1.54) is 11.1 Å². The van der Waals surface area contributed by atoms with Crippen LogP contribution in [0.4, 0.5) is 5.69 Å². The number of hydrogen-bond acceptors (Lipinski definition) is 3. The molecule has 3 aromatic carbocycles. The number of rotatable bonds is 7. The summed E-state index contributed by atoms with van der Waals surface area (Å²) in [6.45, 7) is 3.12. The number of carbonyl (C=O) groups excluding carboxylic acids is 1. The molecule has 1 heterocycles. The standard InChI is InChI=1S/C25H22BrN3O2/c1-18-5-2-3-7-21(18)15-29-16-23(14-27-29)28-25(30)20-8-4-6-19(13-20)17-31-24-11-9-22(26)10-12-24/h2-14,16H,15,17H2,1H3,(H,28,30). The van der Waals surface area contributed by atoms with Crippen molar-refractivity contribution in [2.75, 3.05) is 5.32 Å². The molecule has 0 atom stereocenters. The number of nitrogens with zero attached hydrogens (tertiary/aromatic N) is 2. The van der Waals surface area contributed by atoms with E-state index in [-0.39, 0.29) is 5.91 Å². The van der Waals surface area contributed by atoms with Crippen molar-refractivity contribution in [3.05, 3.63) is 112 Å². The van der Waals surface area contributed by atoms with Crippen molar-refractivity contribution < 1.29 is 9.53 Å². The number of aromatic nitrogens is 2. The van der Waals surface area contributed by atoms with Gasteiger partial charge in [-0.15, -0.1) is 0 Å². The molecule has 1 aromatic heterocycles. The molecule has 0 fully saturated rings. The Labute approximate surface area is 189 Å². The summed E-state index contributed by atoms with van der Waals surface area (Å²) in [5.74, 6) is 0.597. The first-order valence-electron chi connectivity index (χ1n) is 9.92. The van der Waals surface area contributed by atoms with E-state index in [0.717, 1.165) is 15.8 Å². The minimum atomic E-state index is -0.180. The number of ether oxygens (including phenoxy) is 1. The molecule has 0 aliphatic rings. The fourth-order valence-corrected chi connectivity index (χ4v) is 3.44. The van der Waals surface area contributed by atoms with Crippen molar-refractivity contribution >= 4 is 27.5 Å². The molecule has 0 aliphatic heterocycles. The second-order valence-electron chi connectivity index (χ2n) is 7.25. The monoisotopic (exact) mass is 475 g/mol. The maximum Gasteiger partial charge on any atom is 0.255 e. The summed E-state index contributed by atoms with van der Waals surface area (Å²) in [6.07, 6.45) is 3.50. The number of amides is 1. The van der Waals surface area contributed by atoms with Crippen molar-refractivity contribution in [2.24, 2.45) is 0 Å². The summed E-state index contributed by atoms with van der Waals surface area (Å²) >= 11 is 3.41. The van der Waals surface area contributed by atoms with Gasteiger partial charge in [-0.1, -0.05) is 52.3 Å². The normalized spacial score (nSPS) is 10.6. The van der Waals surface area contributed by atoms with Crippen LogP contribution >= 0.6 is 15.9 Å². The van der Waals surface area contributed by atoms with Crippen LogP contribution in [0, 0.1) is 6.92 Å². The van der Waals surface area contributed by atoms with Gasteiger partial charge in [-0.2, -0.15) is 5.10 Å². The van der Waals surface area contributed by atoms with Crippen LogP contribution in [0.15, 0.2) is 89.7 Å². The number of hydrogen-bond donors (Lipinski definition) is 1. The lowest BCUT2D eigenvalue weighted by molar-refractivity contribution is 0.102. The van der Waals surface area contributed by atoms with Gasteiger partial charge in [-0.25, -0.2) is 0 Å². The number of benzene rings is 3. The Balaban J connectivity index is 1.37. The predicted molar refractivity (Wildman–Crippen MR) is 125 cm³/mol. The predicted octanol–water partition coefficient (Wildman–Crippen LogP) is 5.83. The molecule has 0 unspecified atom stereocenters. The third-order valence-corrected chi connectivity index (χ3v) is 5.42. The Bertz CT molecular complexity index is 1190. The van der Waals surface area contributed by atoms with Crippen LogP contribution in [0.2, 0.25) is 0 Å². The molecule has 1 amide bonds. The first-order chi connectivity index (χ1) is 15.1. The number of halogens is 1. The molecule has 0 saturated carbocycles. The summed E-state index contributed by atoms with van der Waals surface area (Å²) in [5.41, 5.74) is 4.57. The Kier molecular flexibility index (Phi) is 6.48. The summed E-state index contributed by atoms with van der Waals surface area (Å²) < 4.78 is 8.62. The average Bonchev–Trinajstić information content (AvgIpc) is 3.22. The van der Waals surface area contributed by atoms with Crippen LogP contribution in [0.1, 0.15) is 27.0 Å². The largest absolute Gasteiger partial charge is 0.489 e. The van der Waals surface area contributed by atoms with Crippen LogP contribution in [-0.4, -0.2) is 15.7 Å². The van der Waals surface area contributed by atoms with Gasteiger partial charge in [0.05, 0.1) is 18.4 Å². The number of carbonyl (C=O) groups is 1. The van der Waals surface area contributed by atoms with Crippen molar-refractivity contribution in [1.82, 2.24) is 9.78 Å². The highest BCUT2D eigenvalue weighted by Crippen LogP contribution is 2.18. The smallest absolute Gasteiger partial charge is 0.255 e. The van der Waals surface area contributed by atoms with Gasteiger partial charge in [0, 0.05) is 16.2 Å². The first kappa shape index (κ1) is 20.9. The van der Waals surface area contributed by atoms with Crippen LogP contribution in [0.25, 0.3) is 0 Å². The maximum atomic E-state index is 12.7. The molecule has 156 valence electrons.